The quantitative estimate of drug-likeness (QED) is 0.585. The van der Waals surface area contributed by atoms with Gasteiger partial charge in [-0.3, -0.25) is 9.36 Å². The van der Waals surface area contributed by atoms with E-state index in [1.807, 2.05) is 30.7 Å². The van der Waals surface area contributed by atoms with Crippen LogP contribution in [-0.2, 0) is 0 Å². The Morgan fingerprint density at radius 3 is 2.71 bits per heavy atom. The number of rotatable bonds is 4. The molecule has 0 saturated heterocycles. The molecule has 0 atom stereocenters. The summed E-state index contributed by atoms with van der Waals surface area (Å²) in [6.07, 6.45) is 6.80. The number of fused-ring (bicyclic) bond motifs is 1. The normalized spacial score (nSPS) is 11.1. The van der Waals surface area contributed by atoms with E-state index < -0.39 is 5.91 Å². The standard InChI is InChI=1S/C20H18N6O2/c1-12(2)26-18-14(10-23-26)8-15(11-22-18)24-19(27)17-13(3)28-20(16(17)9-21)25-6-4-5-7-25/h4-8,10-12H,1-3H3,(H,24,27). The molecule has 0 radical (unpaired) electrons. The molecular weight excluding hydrogens is 356 g/mol. The lowest BCUT2D eigenvalue weighted by Crippen LogP contribution is -2.14. The van der Waals surface area contributed by atoms with Gasteiger partial charge in [0.15, 0.2) is 5.65 Å². The van der Waals surface area contributed by atoms with Gasteiger partial charge in [-0.15, -0.1) is 0 Å². The fraction of sp³-hybridized carbons (Fsp3) is 0.200. The first kappa shape index (κ1) is 17.5. The molecule has 140 valence electrons. The summed E-state index contributed by atoms with van der Waals surface area (Å²) in [4.78, 5) is 17.3. The number of nitrogens with zero attached hydrogens (tertiary/aromatic N) is 5. The van der Waals surface area contributed by atoms with Crippen molar-refractivity contribution in [3.8, 4) is 12.0 Å². The highest BCUT2D eigenvalue weighted by molar-refractivity contribution is 6.07. The molecule has 0 bridgehead atoms. The lowest BCUT2D eigenvalue weighted by Gasteiger charge is -2.07. The highest BCUT2D eigenvalue weighted by Gasteiger charge is 2.24. The lowest BCUT2D eigenvalue weighted by molar-refractivity contribution is 0.102. The molecule has 0 fully saturated rings. The van der Waals surface area contributed by atoms with Crippen LogP contribution in [0.2, 0.25) is 0 Å². The first-order valence-corrected chi connectivity index (χ1v) is 8.81. The zero-order valence-corrected chi connectivity index (χ0v) is 15.7. The van der Waals surface area contributed by atoms with Gasteiger partial charge in [-0.2, -0.15) is 10.4 Å². The van der Waals surface area contributed by atoms with Gasteiger partial charge in [0.1, 0.15) is 23.0 Å². The molecule has 1 amide bonds. The van der Waals surface area contributed by atoms with E-state index in [-0.39, 0.29) is 17.2 Å². The number of carbonyl (C=O) groups is 1. The van der Waals surface area contributed by atoms with Crippen molar-refractivity contribution in [3.05, 3.63) is 59.9 Å². The number of hydrogen-bond acceptors (Lipinski definition) is 5. The minimum atomic E-state index is -0.423. The van der Waals surface area contributed by atoms with Crippen LogP contribution in [0.3, 0.4) is 0 Å². The van der Waals surface area contributed by atoms with E-state index in [4.69, 9.17) is 4.42 Å². The maximum absolute atomic E-state index is 12.9. The van der Waals surface area contributed by atoms with Gasteiger partial charge in [0.05, 0.1) is 18.1 Å². The van der Waals surface area contributed by atoms with E-state index in [9.17, 15) is 10.1 Å². The monoisotopic (exact) mass is 374 g/mol. The average molecular weight is 374 g/mol. The van der Waals surface area contributed by atoms with Crippen LogP contribution >= 0.6 is 0 Å². The van der Waals surface area contributed by atoms with Crippen LogP contribution in [0.1, 0.15) is 41.6 Å². The van der Waals surface area contributed by atoms with Gasteiger partial charge in [-0.25, -0.2) is 9.67 Å². The molecule has 0 aromatic carbocycles. The number of anilines is 1. The zero-order chi connectivity index (χ0) is 19.8. The molecule has 0 aliphatic heterocycles. The molecule has 0 saturated carbocycles. The predicted octanol–water partition coefficient (Wildman–Crippen LogP) is 3.83. The fourth-order valence-electron chi connectivity index (χ4n) is 3.14. The van der Waals surface area contributed by atoms with Crippen molar-refractivity contribution < 1.29 is 9.21 Å². The highest BCUT2D eigenvalue weighted by Crippen LogP contribution is 2.27. The molecule has 8 heteroatoms. The van der Waals surface area contributed by atoms with Crippen molar-refractivity contribution >= 4 is 22.6 Å². The Morgan fingerprint density at radius 2 is 2.04 bits per heavy atom. The number of aromatic nitrogens is 4. The second kappa shape index (κ2) is 6.70. The molecular formula is C20H18N6O2. The second-order valence-corrected chi connectivity index (χ2v) is 6.69. The van der Waals surface area contributed by atoms with E-state index in [1.54, 1.807) is 42.3 Å². The zero-order valence-electron chi connectivity index (χ0n) is 15.7. The third-order valence-corrected chi connectivity index (χ3v) is 4.42. The molecule has 0 aliphatic rings. The van der Waals surface area contributed by atoms with E-state index in [1.165, 1.54) is 0 Å². The van der Waals surface area contributed by atoms with Crippen LogP contribution in [0.15, 0.2) is 47.4 Å². The second-order valence-electron chi connectivity index (χ2n) is 6.69. The van der Waals surface area contributed by atoms with Gasteiger partial charge in [-0.1, -0.05) is 0 Å². The third-order valence-electron chi connectivity index (χ3n) is 4.42. The number of nitriles is 1. The summed E-state index contributed by atoms with van der Waals surface area (Å²) >= 11 is 0. The van der Waals surface area contributed by atoms with Gasteiger partial charge in [0.2, 0.25) is 5.88 Å². The average Bonchev–Trinajstić information content (AvgIpc) is 3.38. The summed E-state index contributed by atoms with van der Waals surface area (Å²) in [5.74, 6) is 0.273. The number of amides is 1. The van der Waals surface area contributed by atoms with Crippen molar-refractivity contribution in [2.45, 2.75) is 26.8 Å². The van der Waals surface area contributed by atoms with Gasteiger partial charge in [-0.05, 0) is 39.0 Å². The number of aryl methyl sites for hydroxylation is 1. The van der Waals surface area contributed by atoms with E-state index in [0.29, 0.717) is 17.3 Å². The van der Waals surface area contributed by atoms with E-state index in [0.717, 1.165) is 11.0 Å². The minimum Gasteiger partial charge on any atom is -0.443 e. The largest absolute Gasteiger partial charge is 0.443 e. The van der Waals surface area contributed by atoms with Crippen LogP contribution in [-0.4, -0.2) is 25.2 Å². The van der Waals surface area contributed by atoms with Gasteiger partial charge >= 0.3 is 0 Å². The maximum Gasteiger partial charge on any atom is 0.260 e. The summed E-state index contributed by atoms with van der Waals surface area (Å²) in [6.45, 7) is 5.71. The van der Waals surface area contributed by atoms with Crippen molar-refractivity contribution in [2.75, 3.05) is 5.32 Å². The SMILES string of the molecule is Cc1oc(-n2cccc2)c(C#N)c1C(=O)Nc1cnc2c(cnn2C(C)C)c1. The van der Waals surface area contributed by atoms with Crippen molar-refractivity contribution in [1.29, 1.82) is 5.26 Å². The Balaban J connectivity index is 1.68. The molecule has 28 heavy (non-hydrogen) atoms. The summed E-state index contributed by atoms with van der Waals surface area (Å²) < 4.78 is 9.17. The Morgan fingerprint density at radius 1 is 1.29 bits per heavy atom. The molecule has 0 unspecified atom stereocenters. The predicted molar refractivity (Wildman–Crippen MR) is 103 cm³/mol. The highest BCUT2D eigenvalue weighted by atomic mass is 16.4. The van der Waals surface area contributed by atoms with E-state index in [2.05, 4.69) is 21.5 Å². The van der Waals surface area contributed by atoms with Crippen LogP contribution in [0, 0.1) is 18.3 Å². The Kier molecular flexibility index (Phi) is 4.20. The number of nitrogens with one attached hydrogen (secondary N) is 1. The first-order chi connectivity index (χ1) is 13.5. The summed E-state index contributed by atoms with van der Waals surface area (Å²) in [6, 6.07) is 7.70. The fourth-order valence-corrected chi connectivity index (χ4v) is 3.14. The Hall–Kier alpha value is -3.86. The van der Waals surface area contributed by atoms with Crippen LogP contribution in [0.4, 0.5) is 5.69 Å². The molecule has 0 spiro atoms. The first-order valence-electron chi connectivity index (χ1n) is 8.81. The molecule has 4 aromatic heterocycles. The van der Waals surface area contributed by atoms with Crippen LogP contribution in [0.25, 0.3) is 16.9 Å². The molecule has 4 heterocycles. The van der Waals surface area contributed by atoms with Crippen LogP contribution < -0.4 is 5.32 Å². The lowest BCUT2D eigenvalue weighted by atomic mass is 10.1. The Labute approximate surface area is 161 Å². The molecule has 8 nitrogen and oxygen atoms in total. The molecule has 4 rings (SSSR count). The molecule has 1 N–H and O–H groups in total. The summed E-state index contributed by atoms with van der Waals surface area (Å²) in [5, 5.41) is 17.6. The van der Waals surface area contributed by atoms with Gasteiger partial charge < -0.3 is 9.73 Å². The van der Waals surface area contributed by atoms with Crippen molar-refractivity contribution in [2.24, 2.45) is 0 Å². The van der Waals surface area contributed by atoms with Crippen molar-refractivity contribution in [3.63, 3.8) is 0 Å². The summed E-state index contributed by atoms with van der Waals surface area (Å²) in [7, 11) is 0. The van der Waals surface area contributed by atoms with Crippen molar-refractivity contribution in [1.82, 2.24) is 19.3 Å². The number of pyridine rings is 1. The maximum atomic E-state index is 12.9. The molecule has 0 aliphatic carbocycles. The van der Waals surface area contributed by atoms with E-state index >= 15 is 0 Å². The number of furan rings is 1. The topological polar surface area (TPSA) is 102 Å². The smallest absolute Gasteiger partial charge is 0.260 e. The number of carbonyl (C=O) groups excluding carboxylic acids is 1. The summed E-state index contributed by atoms with van der Waals surface area (Å²) in [5.41, 5.74) is 1.67. The minimum absolute atomic E-state index is 0.185. The third kappa shape index (κ3) is 2.83. The van der Waals surface area contributed by atoms with Gasteiger partial charge in [0.25, 0.3) is 5.91 Å². The van der Waals surface area contributed by atoms with Gasteiger partial charge in [0, 0.05) is 23.8 Å². The molecule has 4 aromatic rings. The van der Waals surface area contributed by atoms with Crippen LogP contribution in [0.5, 0.6) is 0 Å². The Bertz CT molecular complexity index is 1210. The number of hydrogen-bond donors (Lipinski definition) is 1.